The highest BCUT2D eigenvalue weighted by atomic mass is 19.2. The van der Waals surface area contributed by atoms with Gasteiger partial charge in [0.2, 0.25) is 11.6 Å². The first-order valence-electron chi connectivity index (χ1n) is 5.92. The quantitative estimate of drug-likeness (QED) is 0.522. The van der Waals surface area contributed by atoms with Crippen molar-refractivity contribution < 1.29 is 17.6 Å². The Kier molecular flexibility index (Phi) is 4.21. The van der Waals surface area contributed by atoms with Crippen molar-refractivity contribution in [2.24, 2.45) is 0 Å². The van der Waals surface area contributed by atoms with Crippen LogP contribution in [0.1, 0.15) is 12.0 Å². The van der Waals surface area contributed by atoms with Crippen LogP contribution in [0.2, 0.25) is 0 Å². The first-order chi connectivity index (χ1) is 9.49. The number of rotatable bonds is 5. The molecule has 20 heavy (non-hydrogen) atoms. The van der Waals surface area contributed by atoms with Gasteiger partial charge in [0, 0.05) is 19.3 Å². The molecule has 108 valence electrons. The molecule has 0 aliphatic heterocycles. The van der Waals surface area contributed by atoms with Crippen molar-refractivity contribution in [1.29, 1.82) is 0 Å². The molecule has 2 aromatic rings. The molecule has 0 aliphatic carbocycles. The highest BCUT2D eigenvalue weighted by molar-refractivity contribution is 5.45. The van der Waals surface area contributed by atoms with Gasteiger partial charge in [0.15, 0.2) is 0 Å². The van der Waals surface area contributed by atoms with Gasteiger partial charge in [-0.05, 0) is 18.9 Å². The Morgan fingerprint density at radius 3 is 2.35 bits per heavy atom. The fraction of sp³-hybridized carbons (Fsp3) is 0.333. The molecule has 0 bridgehead atoms. The first kappa shape index (κ1) is 14.3. The minimum absolute atomic E-state index is 0.135. The number of aryl methyl sites for hydroxylation is 2. The van der Waals surface area contributed by atoms with Crippen LogP contribution in [0.25, 0.3) is 0 Å². The summed E-state index contributed by atoms with van der Waals surface area (Å²) < 4.78 is 53.9. The molecule has 0 amide bonds. The van der Waals surface area contributed by atoms with Crippen molar-refractivity contribution in [2.45, 2.75) is 19.9 Å². The van der Waals surface area contributed by atoms with Gasteiger partial charge in [0.1, 0.15) is 5.69 Å². The minimum atomic E-state index is -1.67. The molecule has 0 aliphatic rings. The highest BCUT2D eigenvalue weighted by Crippen LogP contribution is 2.21. The normalized spacial score (nSPS) is 10.8. The second-order valence-corrected chi connectivity index (χ2v) is 4.26. The Bertz CT molecular complexity index is 585. The summed E-state index contributed by atoms with van der Waals surface area (Å²) in [4.78, 5) is 2.47. The monoisotopic (exact) mass is 288 g/mol. The lowest BCUT2D eigenvalue weighted by atomic mass is 10.3. The molecule has 0 atom stereocenters. The van der Waals surface area contributed by atoms with Crippen molar-refractivity contribution in [2.75, 3.05) is 11.9 Å². The molecule has 0 spiro atoms. The van der Waals surface area contributed by atoms with E-state index >= 15 is 0 Å². The van der Waals surface area contributed by atoms with E-state index < -0.39 is 29.2 Å². The van der Waals surface area contributed by atoms with Gasteiger partial charge in [-0.2, -0.15) is 27.6 Å². The molecule has 2 aromatic heterocycles. The van der Waals surface area contributed by atoms with Crippen LogP contribution >= 0.6 is 0 Å². The molecule has 8 heteroatoms. The average molecular weight is 288 g/mol. The molecule has 0 unspecified atom stereocenters. The van der Waals surface area contributed by atoms with Crippen LogP contribution in [0.4, 0.5) is 23.2 Å². The maximum Gasteiger partial charge on any atom is 0.253 e. The molecule has 1 N–H and O–H groups in total. The van der Waals surface area contributed by atoms with Crippen LogP contribution in [0.3, 0.4) is 0 Å². The fourth-order valence-electron chi connectivity index (χ4n) is 1.69. The number of halogens is 4. The number of hydrogen-bond donors (Lipinski definition) is 1. The third kappa shape index (κ3) is 3.06. The van der Waals surface area contributed by atoms with Gasteiger partial charge in [0.05, 0.1) is 6.20 Å². The van der Waals surface area contributed by atoms with Crippen LogP contribution in [-0.2, 0) is 6.54 Å². The zero-order valence-electron chi connectivity index (χ0n) is 10.6. The maximum absolute atomic E-state index is 13.3. The molecule has 2 rings (SSSR count). The van der Waals surface area contributed by atoms with Gasteiger partial charge in [-0.3, -0.25) is 4.68 Å². The SMILES string of the molecule is Cc1cnn(CCCNc2c(F)c(F)nc(F)c2F)c1. The molecule has 0 fully saturated rings. The van der Waals surface area contributed by atoms with E-state index in [-0.39, 0.29) is 6.54 Å². The lowest BCUT2D eigenvalue weighted by molar-refractivity contribution is 0.410. The molecule has 4 nitrogen and oxygen atoms in total. The summed E-state index contributed by atoms with van der Waals surface area (Å²) in [6.45, 7) is 2.53. The Morgan fingerprint density at radius 2 is 1.80 bits per heavy atom. The summed E-state index contributed by atoms with van der Waals surface area (Å²) in [5.41, 5.74) is 0.153. The van der Waals surface area contributed by atoms with Crippen LogP contribution in [-0.4, -0.2) is 21.3 Å². The molecule has 0 saturated carbocycles. The Morgan fingerprint density at radius 1 is 1.15 bits per heavy atom. The number of nitrogens with one attached hydrogen (secondary N) is 1. The van der Waals surface area contributed by atoms with E-state index in [4.69, 9.17) is 0 Å². The number of pyridine rings is 1. The maximum atomic E-state index is 13.3. The Balaban J connectivity index is 1.94. The van der Waals surface area contributed by atoms with Gasteiger partial charge in [0.25, 0.3) is 11.9 Å². The smallest absolute Gasteiger partial charge is 0.253 e. The second kappa shape index (κ2) is 5.89. The number of nitrogens with zero attached hydrogens (tertiary/aromatic N) is 3. The van der Waals surface area contributed by atoms with Crippen LogP contribution in [0.5, 0.6) is 0 Å². The Hall–Kier alpha value is -2.12. The summed E-state index contributed by atoms with van der Waals surface area (Å²) in [5, 5.41) is 6.36. The molecule has 2 heterocycles. The number of anilines is 1. The van der Waals surface area contributed by atoms with Gasteiger partial charge >= 0.3 is 0 Å². The van der Waals surface area contributed by atoms with Crippen LogP contribution in [0, 0.1) is 30.5 Å². The van der Waals surface area contributed by atoms with Gasteiger partial charge in [-0.25, -0.2) is 0 Å². The standard InChI is InChI=1S/C12H12F4N4/c1-7-5-18-20(6-7)4-2-3-17-10-8(13)11(15)19-12(16)9(10)14/h5-6H,2-4H2,1H3,(H,17,19). The molecular weight excluding hydrogens is 276 g/mol. The predicted octanol–water partition coefficient (Wildman–Crippen LogP) is 2.65. The van der Waals surface area contributed by atoms with Gasteiger partial charge in [-0.15, -0.1) is 0 Å². The Labute approximate surface area is 112 Å². The van der Waals surface area contributed by atoms with E-state index in [9.17, 15) is 17.6 Å². The number of aromatic nitrogens is 3. The van der Waals surface area contributed by atoms with E-state index in [1.54, 1.807) is 10.9 Å². The summed E-state index contributed by atoms with van der Waals surface area (Å²) in [5.74, 6) is -6.40. The van der Waals surface area contributed by atoms with Crippen molar-refractivity contribution in [3.63, 3.8) is 0 Å². The highest BCUT2D eigenvalue weighted by Gasteiger charge is 2.20. The second-order valence-electron chi connectivity index (χ2n) is 4.26. The van der Waals surface area contributed by atoms with E-state index in [0.717, 1.165) is 5.56 Å². The third-order valence-corrected chi connectivity index (χ3v) is 2.63. The van der Waals surface area contributed by atoms with Gasteiger partial charge in [-0.1, -0.05) is 0 Å². The predicted molar refractivity (Wildman–Crippen MR) is 64.1 cm³/mol. The fourth-order valence-corrected chi connectivity index (χ4v) is 1.69. The summed E-state index contributed by atoms with van der Waals surface area (Å²) in [6, 6.07) is 0. The topological polar surface area (TPSA) is 42.7 Å². The molecule has 0 saturated heterocycles. The van der Waals surface area contributed by atoms with E-state index in [1.165, 1.54) is 0 Å². The third-order valence-electron chi connectivity index (χ3n) is 2.63. The average Bonchev–Trinajstić information content (AvgIpc) is 2.81. The van der Waals surface area contributed by atoms with Crippen molar-refractivity contribution in [1.82, 2.24) is 14.8 Å². The van der Waals surface area contributed by atoms with E-state index in [2.05, 4.69) is 15.4 Å². The zero-order valence-corrected chi connectivity index (χ0v) is 10.6. The van der Waals surface area contributed by atoms with Crippen LogP contribution < -0.4 is 5.32 Å². The molecular formula is C12H12F4N4. The summed E-state index contributed by atoms with van der Waals surface area (Å²) >= 11 is 0. The van der Waals surface area contributed by atoms with Crippen LogP contribution in [0.15, 0.2) is 12.4 Å². The molecule has 0 aromatic carbocycles. The lowest BCUT2D eigenvalue weighted by Crippen LogP contribution is -2.12. The minimum Gasteiger partial charge on any atom is -0.380 e. The van der Waals surface area contributed by atoms with E-state index in [0.29, 0.717) is 13.0 Å². The lowest BCUT2D eigenvalue weighted by Gasteiger charge is -2.09. The summed E-state index contributed by atoms with van der Waals surface area (Å²) in [6.07, 6.45) is 3.97. The number of hydrogen-bond acceptors (Lipinski definition) is 3. The van der Waals surface area contributed by atoms with E-state index in [1.807, 2.05) is 13.1 Å². The van der Waals surface area contributed by atoms with Crippen molar-refractivity contribution in [3.8, 4) is 0 Å². The van der Waals surface area contributed by atoms with Crippen molar-refractivity contribution in [3.05, 3.63) is 41.5 Å². The summed E-state index contributed by atoms with van der Waals surface area (Å²) in [7, 11) is 0. The van der Waals surface area contributed by atoms with Crippen molar-refractivity contribution >= 4 is 5.69 Å². The zero-order chi connectivity index (χ0) is 14.7. The molecule has 0 radical (unpaired) electrons. The largest absolute Gasteiger partial charge is 0.380 e. The first-order valence-corrected chi connectivity index (χ1v) is 5.92. The van der Waals surface area contributed by atoms with Gasteiger partial charge < -0.3 is 5.32 Å².